The van der Waals surface area contributed by atoms with Gasteiger partial charge in [-0.1, -0.05) is 12.1 Å². The monoisotopic (exact) mass is 218 g/mol. The summed E-state index contributed by atoms with van der Waals surface area (Å²) >= 11 is 0. The van der Waals surface area contributed by atoms with Crippen molar-refractivity contribution in [2.45, 2.75) is 12.5 Å². The van der Waals surface area contributed by atoms with Crippen LogP contribution in [0, 0.1) is 0 Å². The Labute approximate surface area is 92.1 Å². The predicted octanol–water partition coefficient (Wildman–Crippen LogP) is 1.30. The highest BCUT2D eigenvalue weighted by Gasteiger charge is 2.21. The second-order valence-electron chi connectivity index (χ2n) is 3.51. The van der Waals surface area contributed by atoms with Crippen molar-refractivity contribution in [2.75, 3.05) is 6.61 Å². The van der Waals surface area contributed by atoms with Gasteiger partial charge in [0.2, 0.25) is 6.08 Å². The van der Waals surface area contributed by atoms with Crippen molar-refractivity contribution in [3.63, 3.8) is 0 Å². The summed E-state index contributed by atoms with van der Waals surface area (Å²) in [5.41, 5.74) is 1.63. The molecule has 0 unspecified atom stereocenters. The number of alkyl carbamates (subject to hydrolysis) is 1. The number of cyclic esters (lactones) is 1. The van der Waals surface area contributed by atoms with Crippen molar-refractivity contribution < 1.29 is 14.3 Å². The van der Waals surface area contributed by atoms with Crippen LogP contribution < -0.4 is 5.32 Å². The number of hydrogen-bond acceptors (Lipinski definition) is 4. The van der Waals surface area contributed by atoms with Crippen LogP contribution in [0.1, 0.15) is 5.56 Å². The molecule has 1 aliphatic heterocycles. The molecule has 1 heterocycles. The Bertz CT molecular complexity index is 435. The maximum Gasteiger partial charge on any atom is 0.407 e. The molecule has 0 aromatic heterocycles. The summed E-state index contributed by atoms with van der Waals surface area (Å²) in [5.74, 6) is 0. The molecule has 82 valence electrons. The summed E-state index contributed by atoms with van der Waals surface area (Å²) < 4.78 is 4.78. The van der Waals surface area contributed by atoms with Gasteiger partial charge in [-0.15, -0.1) is 0 Å². The van der Waals surface area contributed by atoms with Gasteiger partial charge in [0, 0.05) is 0 Å². The van der Waals surface area contributed by atoms with Crippen LogP contribution in [-0.2, 0) is 16.0 Å². The third-order valence-electron chi connectivity index (χ3n) is 2.33. The number of nitrogens with one attached hydrogen (secondary N) is 1. The smallest absolute Gasteiger partial charge is 0.407 e. The minimum absolute atomic E-state index is 0.0212. The average Bonchev–Trinajstić information content (AvgIpc) is 2.67. The first-order valence-corrected chi connectivity index (χ1v) is 4.88. The van der Waals surface area contributed by atoms with Crippen molar-refractivity contribution in [1.29, 1.82) is 0 Å². The van der Waals surface area contributed by atoms with Gasteiger partial charge < -0.3 is 10.1 Å². The summed E-state index contributed by atoms with van der Waals surface area (Å²) in [5, 5.41) is 2.70. The molecule has 0 saturated carbocycles. The summed E-state index contributed by atoms with van der Waals surface area (Å²) in [6, 6.07) is 7.21. The van der Waals surface area contributed by atoms with Gasteiger partial charge in [0.1, 0.15) is 6.61 Å². The van der Waals surface area contributed by atoms with E-state index in [0.717, 1.165) is 5.56 Å². The molecule has 2 rings (SSSR count). The predicted molar refractivity (Wildman–Crippen MR) is 56.2 cm³/mol. The Morgan fingerprint density at radius 2 is 2.19 bits per heavy atom. The third-order valence-corrected chi connectivity index (χ3v) is 2.33. The number of nitrogens with zero attached hydrogens (tertiary/aromatic N) is 1. The molecular formula is C11H10N2O3. The highest BCUT2D eigenvalue weighted by molar-refractivity contribution is 5.69. The molecule has 1 aliphatic rings. The number of aliphatic imine (C=N–C) groups is 1. The fourth-order valence-corrected chi connectivity index (χ4v) is 1.58. The van der Waals surface area contributed by atoms with Gasteiger partial charge in [0.25, 0.3) is 0 Å². The van der Waals surface area contributed by atoms with E-state index in [1.54, 1.807) is 12.1 Å². The van der Waals surface area contributed by atoms with Crippen LogP contribution in [0.25, 0.3) is 0 Å². The maximum absolute atomic E-state index is 10.8. The van der Waals surface area contributed by atoms with E-state index in [1.807, 2.05) is 12.1 Å². The van der Waals surface area contributed by atoms with Crippen LogP contribution in [0.5, 0.6) is 0 Å². The Morgan fingerprint density at radius 1 is 1.44 bits per heavy atom. The van der Waals surface area contributed by atoms with Gasteiger partial charge >= 0.3 is 6.09 Å². The highest BCUT2D eigenvalue weighted by Crippen LogP contribution is 2.14. The fourth-order valence-electron chi connectivity index (χ4n) is 1.58. The molecule has 1 atom stereocenters. The van der Waals surface area contributed by atoms with Crippen LogP contribution in [0.3, 0.4) is 0 Å². The van der Waals surface area contributed by atoms with E-state index in [4.69, 9.17) is 4.74 Å². The van der Waals surface area contributed by atoms with Crippen molar-refractivity contribution in [2.24, 2.45) is 4.99 Å². The summed E-state index contributed by atoms with van der Waals surface area (Å²) in [7, 11) is 0. The molecule has 16 heavy (non-hydrogen) atoms. The van der Waals surface area contributed by atoms with E-state index in [9.17, 15) is 9.59 Å². The molecule has 1 N–H and O–H groups in total. The Hall–Kier alpha value is -2.13. The largest absolute Gasteiger partial charge is 0.447 e. The molecule has 5 nitrogen and oxygen atoms in total. The van der Waals surface area contributed by atoms with Crippen molar-refractivity contribution in [3.8, 4) is 0 Å². The van der Waals surface area contributed by atoms with Crippen molar-refractivity contribution in [1.82, 2.24) is 5.32 Å². The Balaban J connectivity index is 1.99. The van der Waals surface area contributed by atoms with Crippen LogP contribution in [-0.4, -0.2) is 24.8 Å². The molecule has 5 heteroatoms. The van der Waals surface area contributed by atoms with Crippen molar-refractivity contribution >= 4 is 17.9 Å². The van der Waals surface area contributed by atoms with Gasteiger partial charge in [0.05, 0.1) is 11.7 Å². The first-order chi connectivity index (χ1) is 7.78. The summed E-state index contributed by atoms with van der Waals surface area (Å²) in [6.07, 6.45) is 1.82. The topological polar surface area (TPSA) is 67.8 Å². The highest BCUT2D eigenvalue weighted by atomic mass is 16.6. The Morgan fingerprint density at radius 3 is 2.75 bits per heavy atom. The molecule has 0 spiro atoms. The standard InChI is InChI=1S/C11H10N2O3/c14-7-12-9-3-1-8(2-4-9)5-10-6-16-11(15)13-10/h1-4,10H,5-6H2,(H,13,15)/t10-/m0/s1. The quantitative estimate of drug-likeness (QED) is 0.614. The first-order valence-electron chi connectivity index (χ1n) is 4.88. The zero-order valence-corrected chi connectivity index (χ0v) is 8.47. The summed E-state index contributed by atoms with van der Waals surface area (Å²) in [6.45, 7) is 0.396. The molecule has 0 bridgehead atoms. The first kappa shape index (κ1) is 10.4. The number of rotatable bonds is 3. The van der Waals surface area contributed by atoms with E-state index < -0.39 is 0 Å². The van der Waals surface area contributed by atoms with E-state index in [2.05, 4.69) is 10.3 Å². The van der Waals surface area contributed by atoms with E-state index >= 15 is 0 Å². The number of ether oxygens (including phenoxy) is 1. The van der Waals surface area contributed by atoms with Gasteiger partial charge in [0.15, 0.2) is 0 Å². The lowest BCUT2D eigenvalue weighted by molar-refractivity contribution is 0.177. The van der Waals surface area contributed by atoms with Gasteiger partial charge in [-0.05, 0) is 24.1 Å². The van der Waals surface area contributed by atoms with Crippen molar-refractivity contribution in [3.05, 3.63) is 29.8 Å². The second-order valence-corrected chi connectivity index (χ2v) is 3.51. The molecule has 1 aromatic carbocycles. The van der Waals surface area contributed by atoms with E-state index in [0.29, 0.717) is 18.7 Å². The zero-order chi connectivity index (χ0) is 11.4. The lowest BCUT2D eigenvalue weighted by atomic mass is 10.1. The minimum Gasteiger partial charge on any atom is -0.447 e. The molecule has 0 radical (unpaired) electrons. The lowest BCUT2D eigenvalue weighted by Crippen LogP contribution is -2.28. The summed E-state index contributed by atoms with van der Waals surface area (Å²) in [4.78, 5) is 24.3. The molecule has 0 aliphatic carbocycles. The fraction of sp³-hybridized carbons (Fsp3) is 0.273. The molecule has 1 aromatic rings. The zero-order valence-electron chi connectivity index (χ0n) is 8.47. The van der Waals surface area contributed by atoms with Crippen LogP contribution in [0.15, 0.2) is 29.3 Å². The van der Waals surface area contributed by atoms with Gasteiger partial charge in [-0.3, -0.25) is 0 Å². The number of hydrogen-bond donors (Lipinski definition) is 1. The Kier molecular flexibility index (Phi) is 2.98. The number of carbonyl (C=O) groups excluding carboxylic acids is 2. The van der Waals surface area contributed by atoms with Crippen LogP contribution in [0.2, 0.25) is 0 Å². The average molecular weight is 218 g/mol. The lowest BCUT2D eigenvalue weighted by Gasteiger charge is -2.06. The number of isocyanates is 1. The minimum atomic E-state index is -0.368. The maximum atomic E-state index is 10.8. The third kappa shape index (κ3) is 2.46. The van der Waals surface area contributed by atoms with E-state index in [1.165, 1.54) is 6.08 Å². The number of amides is 1. The van der Waals surface area contributed by atoms with Crippen LogP contribution >= 0.6 is 0 Å². The molecule has 1 fully saturated rings. The molecule has 1 saturated heterocycles. The van der Waals surface area contributed by atoms with Gasteiger partial charge in [-0.25, -0.2) is 9.59 Å². The molecular weight excluding hydrogens is 208 g/mol. The number of benzene rings is 1. The van der Waals surface area contributed by atoms with Crippen LogP contribution in [0.4, 0.5) is 10.5 Å². The van der Waals surface area contributed by atoms with E-state index in [-0.39, 0.29) is 12.1 Å². The number of carbonyl (C=O) groups is 1. The van der Waals surface area contributed by atoms with Gasteiger partial charge in [-0.2, -0.15) is 4.99 Å². The SMILES string of the molecule is O=C=Nc1ccc(C[C@H]2COC(=O)N2)cc1. The molecule has 1 amide bonds. The second kappa shape index (κ2) is 4.59. The normalized spacial score (nSPS) is 18.5.